The van der Waals surface area contributed by atoms with Gasteiger partial charge in [0.1, 0.15) is 0 Å². The monoisotopic (exact) mass is 115 g/mol. The van der Waals surface area contributed by atoms with Crippen molar-refractivity contribution in [2.45, 2.75) is 27.2 Å². The predicted octanol–water partition coefficient (Wildman–Crippen LogP) is 0.908. The number of hydrogen-bond acceptors (Lipinski definition) is 1. The van der Waals surface area contributed by atoms with Crippen molar-refractivity contribution in [2.24, 2.45) is 11.1 Å². The number of amides is 1. The minimum atomic E-state index is -0.225. The Morgan fingerprint density at radius 1 is 1.50 bits per heavy atom. The Balaban J connectivity index is 3.55. The fraction of sp³-hybridized carbons (Fsp3) is 0.833. The van der Waals surface area contributed by atoms with Gasteiger partial charge in [-0.25, -0.2) is 0 Å². The summed E-state index contributed by atoms with van der Waals surface area (Å²) in [5, 5.41) is 0. The zero-order chi connectivity index (χ0) is 6.78. The third-order valence-corrected chi connectivity index (χ3v) is 0.705. The van der Waals surface area contributed by atoms with Crippen molar-refractivity contribution in [3.05, 3.63) is 0 Å². The van der Waals surface area contributed by atoms with Gasteiger partial charge in [-0.15, -0.1) is 0 Å². The molecule has 8 heavy (non-hydrogen) atoms. The number of carbonyl (C=O) groups excluding carboxylic acids is 1. The van der Waals surface area contributed by atoms with E-state index >= 15 is 0 Å². The Labute approximate surface area is 50.1 Å². The van der Waals surface area contributed by atoms with Gasteiger partial charge in [0.2, 0.25) is 5.91 Å². The molecule has 0 radical (unpaired) electrons. The first-order valence-electron chi connectivity index (χ1n) is 2.70. The molecule has 0 rings (SSSR count). The molecule has 0 fully saturated rings. The molecule has 0 bridgehead atoms. The van der Waals surface area contributed by atoms with Crippen molar-refractivity contribution in [1.82, 2.24) is 0 Å². The van der Waals surface area contributed by atoms with Gasteiger partial charge in [0.25, 0.3) is 0 Å². The van der Waals surface area contributed by atoms with Crippen LogP contribution in [0.25, 0.3) is 0 Å². The van der Waals surface area contributed by atoms with Crippen LogP contribution in [-0.2, 0) is 4.79 Å². The molecule has 48 valence electrons. The zero-order valence-corrected chi connectivity index (χ0v) is 5.69. The first-order valence-corrected chi connectivity index (χ1v) is 2.70. The van der Waals surface area contributed by atoms with Crippen LogP contribution in [0.5, 0.6) is 0 Å². The number of carbonyl (C=O) groups is 1. The minimum absolute atomic E-state index is 0.0475. The summed E-state index contributed by atoms with van der Waals surface area (Å²) in [6.45, 7) is 5.95. The maximum atomic E-state index is 10.2. The van der Waals surface area contributed by atoms with Gasteiger partial charge in [-0.1, -0.05) is 20.8 Å². The molecule has 0 saturated carbocycles. The van der Waals surface area contributed by atoms with E-state index in [2.05, 4.69) is 0 Å². The summed E-state index contributed by atoms with van der Waals surface area (Å²) in [5.41, 5.74) is 4.99. The van der Waals surface area contributed by atoms with Crippen LogP contribution in [0.3, 0.4) is 0 Å². The lowest BCUT2D eigenvalue weighted by atomic mass is 9.92. The van der Waals surface area contributed by atoms with E-state index in [1.54, 1.807) is 0 Å². The van der Waals surface area contributed by atoms with E-state index in [0.29, 0.717) is 6.42 Å². The molecule has 0 aliphatic rings. The predicted molar refractivity (Wildman–Crippen MR) is 33.3 cm³/mol. The third-order valence-electron chi connectivity index (χ3n) is 0.705. The Hall–Kier alpha value is -0.530. The van der Waals surface area contributed by atoms with Gasteiger partial charge in [0.15, 0.2) is 0 Å². The molecule has 0 unspecified atom stereocenters. The number of hydrogen-bond donors (Lipinski definition) is 1. The molecule has 2 N–H and O–H groups in total. The van der Waals surface area contributed by atoms with E-state index in [9.17, 15) is 4.79 Å². The largest absolute Gasteiger partial charge is 0.370 e. The molecule has 2 heteroatoms. The molecule has 0 spiro atoms. The Morgan fingerprint density at radius 3 is 1.88 bits per heavy atom. The Morgan fingerprint density at radius 2 is 1.88 bits per heavy atom. The normalized spacial score (nSPS) is 11.4. The van der Waals surface area contributed by atoms with Gasteiger partial charge in [0, 0.05) is 6.42 Å². The second kappa shape index (κ2) is 2.16. The minimum Gasteiger partial charge on any atom is -0.370 e. The van der Waals surface area contributed by atoms with Crippen molar-refractivity contribution in [1.29, 1.82) is 0 Å². The number of nitrogens with two attached hydrogens (primary N) is 1. The lowest BCUT2D eigenvalue weighted by Crippen LogP contribution is -2.19. The van der Waals surface area contributed by atoms with Crippen molar-refractivity contribution >= 4 is 5.91 Å². The second-order valence-electron chi connectivity index (χ2n) is 3.20. The smallest absolute Gasteiger partial charge is 0.217 e. The molecular weight excluding hydrogens is 102 g/mol. The summed E-state index contributed by atoms with van der Waals surface area (Å²) < 4.78 is 0. The molecule has 0 aromatic carbocycles. The summed E-state index contributed by atoms with van der Waals surface area (Å²) in [7, 11) is 0. The molecule has 1 amide bonds. The highest BCUT2D eigenvalue weighted by Crippen LogP contribution is 2.16. The van der Waals surface area contributed by atoms with Crippen LogP contribution >= 0.6 is 0 Å². The molecule has 0 aromatic rings. The topological polar surface area (TPSA) is 43.1 Å². The SMILES string of the molecule is CC(C)(C)CC(N)=O. The van der Waals surface area contributed by atoms with E-state index in [1.807, 2.05) is 20.8 Å². The standard InChI is InChI=1S/C6H13NO/c1-6(2,3)4-5(7)8/h4H2,1-3H3,(H2,7,8). The highest BCUT2D eigenvalue weighted by molar-refractivity contribution is 5.74. The summed E-state index contributed by atoms with van der Waals surface area (Å²) in [6, 6.07) is 0. The molecule has 2 nitrogen and oxygen atoms in total. The van der Waals surface area contributed by atoms with Gasteiger partial charge in [-0.2, -0.15) is 0 Å². The maximum absolute atomic E-state index is 10.2. The molecule has 0 aliphatic carbocycles. The van der Waals surface area contributed by atoms with Crippen molar-refractivity contribution < 1.29 is 4.79 Å². The first-order chi connectivity index (χ1) is 3.42. The average Bonchev–Trinajstić information content (AvgIpc) is 1.21. The lowest BCUT2D eigenvalue weighted by Gasteiger charge is -2.13. The second-order valence-corrected chi connectivity index (χ2v) is 3.20. The number of rotatable bonds is 1. The molecule has 0 atom stereocenters. The number of primary amides is 1. The quantitative estimate of drug-likeness (QED) is 0.542. The van der Waals surface area contributed by atoms with Gasteiger partial charge in [0.05, 0.1) is 0 Å². The molecular formula is C6H13NO. The van der Waals surface area contributed by atoms with Crippen LogP contribution in [0.15, 0.2) is 0 Å². The van der Waals surface area contributed by atoms with Gasteiger partial charge in [-0.05, 0) is 5.41 Å². The van der Waals surface area contributed by atoms with E-state index in [0.717, 1.165) is 0 Å². The Kier molecular flexibility index (Phi) is 2.02. The summed E-state index contributed by atoms with van der Waals surface area (Å²) in [4.78, 5) is 10.2. The van der Waals surface area contributed by atoms with Crippen LogP contribution in [0.4, 0.5) is 0 Å². The van der Waals surface area contributed by atoms with Crippen LogP contribution in [-0.4, -0.2) is 5.91 Å². The van der Waals surface area contributed by atoms with Gasteiger partial charge >= 0.3 is 0 Å². The van der Waals surface area contributed by atoms with E-state index in [-0.39, 0.29) is 11.3 Å². The molecule has 0 aliphatic heterocycles. The van der Waals surface area contributed by atoms with Crippen LogP contribution in [0.1, 0.15) is 27.2 Å². The van der Waals surface area contributed by atoms with Crippen LogP contribution in [0.2, 0.25) is 0 Å². The fourth-order valence-corrected chi connectivity index (χ4v) is 0.523. The van der Waals surface area contributed by atoms with E-state index in [4.69, 9.17) is 5.73 Å². The van der Waals surface area contributed by atoms with Crippen LogP contribution < -0.4 is 5.73 Å². The summed E-state index contributed by atoms with van der Waals surface area (Å²) in [6.07, 6.45) is 0.465. The van der Waals surface area contributed by atoms with Crippen LogP contribution in [0, 0.1) is 5.41 Å². The summed E-state index contributed by atoms with van der Waals surface area (Å²) in [5.74, 6) is -0.225. The van der Waals surface area contributed by atoms with E-state index in [1.165, 1.54) is 0 Å². The summed E-state index contributed by atoms with van der Waals surface area (Å²) >= 11 is 0. The average molecular weight is 115 g/mol. The van der Waals surface area contributed by atoms with Crippen molar-refractivity contribution in [3.8, 4) is 0 Å². The first kappa shape index (κ1) is 7.47. The molecule has 0 saturated heterocycles. The lowest BCUT2D eigenvalue weighted by molar-refractivity contribution is -0.119. The fourth-order valence-electron chi connectivity index (χ4n) is 0.523. The van der Waals surface area contributed by atoms with E-state index < -0.39 is 0 Å². The van der Waals surface area contributed by atoms with Crippen molar-refractivity contribution in [2.75, 3.05) is 0 Å². The van der Waals surface area contributed by atoms with Gasteiger partial charge in [-0.3, -0.25) is 4.79 Å². The third kappa shape index (κ3) is 5.47. The van der Waals surface area contributed by atoms with Gasteiger partial charge < -0.3 is 5.73 Å². The zero-order valence-electron chi connectivity index (χ0n) is 5.69. The molecule has 0 heterocycles. The highest BCUT2D eigenvalue weighted by Gasteiger charge is 2.12. The Bertz CT molecular complexity index is 91.2. The van der Waals surface area contributed by atoms with Crippen molar-refractivity contribution in [3.63, 3.8) is 0 Å². The molecule has 0 aromatic heterocycles. The maximum Gasteiger partial charge on any atom is 0.217 e. The highest BCUT2D eigenvalue weighted by atomic mass is 16.1.